The molecule has 0 heterocycles. The van der Waals surface area contributed by atoms with E-state index in [1.165, 1.54) is 4.90 Å². The average Bonchev–Trinajstić information content (AvgIpc) is 2.27. The largest absolute Gasteiger partial charge is 0.397 e. The maximum atomic E-state index is 11.9. The van der Waals surface area contributed by atoms with E-state index in [9.17, 15) is 4.79 Å². The van der Waals surface area contributed by atoms with Gasteiger partial charge >= 0.3 is 0 Å². The Kier molecular flexibility index (Phi) is 4.00. The molecule has 4 heteroatoms. The number of hydrogen-bond donors (Lipinski definition) is 1. The predicted octanol–water partition coefficient (Wildman–Crippen LogP) is 1.04. The number of rotatable bonds is 3. The molecule has 1 aromatic rings. The maximum Gasteiger partial charge on any atom is 0.254 e. The first-order valence-corrected chi connectivity index (χ1v) is 5.23. The zero-order chi connectivity index (χ0) is 13.0. The third-order valence-corrected chi connectivity index (χ3v) is 2.43. The van der Waals surface area contributed by atoms with E-state index in [1.54, 1.807) is 19.2 Å². The van der Waals surface area contributed by atoms with E-state index in [1.807, 2.05) is 25.1 Å². The van der Waals surface area contributed by atoms with Crippen LogP contribution in [0.1, 0.15) is 10.4 Å². The number of nitrogen functional groups attached to an aromatic ring is 1. The molecule has 0 bridgehead atoms. The lowest BCUT2D eigenvalue weighted by molar-refractivity contribution is 0.0812. The third-order valence-electron chi connectivity index (χ3n) is 2.43. The van der Waals surface area contributed by atoms with E-state index in [0.29, 0.717) is 11.3 Å². The molecule has 1 amide bonds. The van der Waals surface area contributed by atoms with Gasteiger partial charge in [-0.1, -0.05) is 5.92 Å². The van der Waals surface area contributed by atoms with Gasteiger partial charge in [-0.05, 0) is 18.2 Å². The van der Waals surface area contributed by atoms with Gasteiger partial charge in [0, 0.05) is 26.7 Å². The molecule has 1 aromatic carbocycles. The van der Waals surface area contributed by atoms with E-state index < -0.39 is 0 Å². The van der Waals surface area contributed by atoms with Gasteiger partial charge in [-0.25, -0.2) is 0 Å². The van der Waals surface area contributed by atoms with Crippen molar-refractivity contribution in [2.75, 3.05) is 38.3 Å². The molecule has 0 aliphatic carbocycles. The van der Waals surface area contributed by atoms with Crippen molar-refractivity contribution in [2.45, 2.75) is 0 Å². The van der Waals surface area contributed by atoms with Gasteiger partial charge in [-0.3, -0.25) is 4.79 Å². The number of nitrogens with two attached hydrogens (primary N) is 1. The van der Waals surface area contributed by atoms with E-state index in [0.717, 1.165) is 5.69 Å². The molecule has 0 aromatic heterocycles. The number of anilines is 2. The molecule has 2 N–H and O–H groups in total. The Labute approximate surface area is 102 Å². The number of nitrogens with zero attached hydrogens (tertiary/aromatic N) is 2. The molecule has 0 saturated heterocycles. The summed E-state index contributed by atoms with van der Waals surface area (Å²) in [6.45, 7) is 0.286. The van der Waals surface area contributed by atoms with Gasteiger partial charge in [0.05, 0.1) is 17.9 Å². The minimum Gasteiger partial charge on any atom is -0.397 e. The highest BCUT2D eigenvalue weighted by molar-refractivity contribution is 5.96. The summed E-state index contributed by atoms with van der Waals surface area (Å²) < 4.78 is 0. The number of benzene rings is 1. The number of carbonyl (C=O) groups excluding carboxylic acids is 1. The zero-order valence-electron chi connectivity index (χ0n) is 10.4. The molecular formula is C13H17N3O. The number of hydrogen-bond acceptors (Lipinski definition) is 3. The highest BCUT2D eigenvalue weighted by Crippen LogP contribution is 2.22. The Morgan fingerprint density at radius 2 is 2.06 bits per heavy atom. The van der Waals surface area contributed by atoms with Gasteiger partial charge in [0.25, 0.3) is 5.91 Å². The van der Waals surface area contributed by atoms with Gasteiger partial charge in [0.2, 0.25) is 0 Å². The molecule has 90 valence electrons. The molecule has 0 radical (unpaired) electrons. The fraction of sp³-hybridized carbons (Fsp3) is 0.308. The lowest BCUT2D eigenvalue weighted by Crippen LogP contribution is -2.27. The van der Waals surface area contributed by atoms with Crippen LogP contribution in [0, 0.1) is 12.3 Å². The lowest BCUT2D eigenvalue weighted by atomic mass is 10.1. The molecule has 0 unspecified atom stereocenters. The van der Waals surface area contributed by atoms with Crippen LogP contribution in [0.4, 0.5) is 11.4 Å². The van der Waals surface area contributed by atoms with Crippen LogP contribution in [0.3, 0.4) is 0 Å². The summed E-state index contributed by atoms with van der Waals surface area (Å²) in [5.41, 5.74) is 7.90. The molecule has 0 saturated carbocycles. The monoisotopic (exact) mass is 231 g/mol. The highest BCUT2D eigenvalue weighted by Gasteiger charge is 2.12. The highest BCUT2D eigenvalue weighted by atomic mass is 16.2. The summed E-state index contributed by atoms with van der Waals surface area (Å²) in [5.74, 6) is 2.30. The Morgan fingerprint density at radius 3 is 2.53 bits per heavy atom. The van der Waals surface area contributed by atoms with E-state index >= 15 is 0 Å². The van der Waals surface area contributed by atoms with Crippen LogP contribution < -0.4 is 10.6 Å². The second-order valence-electron chi connectivity index (χ2n) is 4.03. The van der Waals surface area contributed by atoms with Crippen LogP contribution in [-0.4, -0.2) is 38.5 Å². The number of terminal acetylenes is 1. The molecule has 17 heavy (non-hydrogen) atoms. The molecule has 0 spiro atoms. The quantitative estimate of drug-likeness (QED) is 0.624. The number of carbonyl (C=O) groups is 1. The summed E-state index contributed by atoms with van der Waals surface area (Å²) in [6, 6.07) is 5.25. The normalized spacial score (nSPS) is 9.53. The average molecular weight is 231 g/mol. The Hall–Kier alpha value is -2.15. The van der Waals surface area contributed by atoms with E-state index in [-0.39, 0.29) is 12.5 Å². The van der Waals surface area contributed by atoms with Crippen LogP contribution in [0.15, 0.2) is 18.2 Å². The summed E-state index contributed by atoms with van der Waals surface area (Å²) in [6.07, 6.45) is 5.16. The second kappa shape index (κ2) is 5.26. The summed E-state index contributed by atoms with van der Waals surface area (Å²) in [4.78, 5) is 15.3. The van der Waals surface area contributed by atoms with Gasteiger partial charge in [-0.2, -0.15) is 0 Å². The fourth-order valence-electron chi connectivity index (χ4n) is 1.52. The van der Waals surface area contributed by atoms with Crippen molar-refractivity contribution in [3.05, 3.63) is 23.8 Å². The SMILES string of the molecule is C#CCN(C)C(=O)c1ccc(N(C)C)c(N)c1. The van der Waals surface area contributed by atoms with E-state index in [2.05, 4.69) is 5.92 Å². The second-order valence-corrected chi connectivity index (χ2v) is 4.03. The topological polar surface area (TPSA) is 49.6 Å². The predicted molar refractivity (Wildman–Crippen MR) is 71.0 cm³/mol. The standard InChI is InChI=1S/C13H17N3O/c1-5-8-16(4)13(17)10-6-7-12(15(2)3)11(14)9-10/h1,6-7,9H,8,14H2,2-4H3. The molecule has 4 nitrogen and oxygen atoms in total. The molecule has 0 aliphatic heterocycles. The van der Waals surface area contributed by atoms with Gasteiger partial charge in [-0.15, -0.1) is 6.42 Å². The smallest absolute Gasteiger partial charge is 0.254 e. The summed E-state index contributed by atoms with van der Waals surface area (Å²) in [7, 11) is 5.47. The van der Waals surface area contributed by atoms with Gasteiger partial charge in [0.15, 0.2) is 0 Å². The van der Waals surface area contributed by atoms with Crippen molar-refractivity contribution >= 4 is 17.3 Å². The fourth-order valence-corrected chi connectivity index (χ4v) is 1.52. The first-order valence-electron chi connectivity index (χ1n) is 5.23. The first-order chi connectivity index (χ1) is 7.97. The molecular weight excluding hydrogens is 214 g/mol. The molecule has 0 aliphatic rings. The minimum absolute atomic E-state index is 0.125. The third kappa shape index (κ3) is 2.91. The van der Waals surface area contributed by atoms with E-state index in [4.69, 9.17) is 12.2 Å². The van der Waals surface area contributed by atoms with Crippen molar-refractivity contribution in [1.82, 2.24) is 4.90 Å². The van der Waals surface area contributed by atoms with Crippen LogP contribution in [-0.2, 0) is 0 Å². The molecule has 1 rings (SSSR count). The van der Waals surface area contributed by atoms with Crippen molar-refractivity contribution in [3.63, 3.8) is 0 Å². The first kappa shape index (κ1) is 12.9. The summed E-state index contributed by atoms with van der Waals surface area (Å²) in [5, 5.41) is 0. The Morgan fingerprint density at radius 1 is 1.41 bits per heavy atom. The van der Waals surface area contributed by atoms with Crippen molar-refractivity contribution in [2.24, 2.45) is 0 Å². The Bertz CT molecular complexity index is 460. The van der Waals surface area contributed by atoms with Crippen molar-refractivity contribution in [3.8, 4) is 12.3 Å². The van der Waals surface area contributed by atoms with Crippen molar-refractivity contribution in [1.29, 1.82) is 0 Å². The van der Waals surface area contributed by atoms with Crippen LogP contribution >= 0.6 is 0 Å². The molecule has 0 fully saturated rings. The maximum absolute atomic E-state index is 11.9. The molecule has 0 atom stereocenters. The van der Waals surface area contributed by atoms with Crippen LogP contribution in [0.25, 0.3) is 0 Å². The van der Waals surface area contributed by atoms with Crippen LogP contribution in [0.2, 0.25) is 0 Å². The number of amides is 1. The lowest BCUT2D eigenvalue weighted by Gasteiger charge is -2.18. The Balaban J connectivity index is 2.98. The zero-order valence-corrected chi connectivity index (χ0v) is 10.4. The summed E-state index contributed by atoms with van der Waals surface area (Å²) >= 11 is 0. The van der Waals surface area contributed by atoms with Crippen molar-refractivity contribution < 1.29 is 4.79 Å². The van der Waals surface area contributed by atoms with Gasteiger partial charge < -0.3 is 15.5 Å². The van der Waals surface area contributed by atoms with Gasteiger partial charge in [0.1, 0.15) is 0 Å². The van der Waals surface area contributed by atoms with Crippen LogP contribution in [0.5, 0.6) is 0 Å². The minimum atomic E-state index is -0.125.